The average Bonchev–Trinajstić information content (AvgIpc) is 2.32. The fourth-order valence-corrected chi connectivity index (χ4v) is 1.92. The summed E-state index contributed by atoms with van der Waals surface area (Å²) in [7, 11) is 0. The minimum absolute atomic E-state index is 0.400. The summed E-state index contributed by atoms with van der Waals surface area (Å²) in [6.07, 6.45) is 7.18. The molecule has 4 heteroatoms. The minimum atomic E-state index is 0.400. The van der Waals surface area contributed by atoms with Crippen molar-refractivity contribution in [2.24, 2.45) is 5.92 Å². The molecule has 16 heavy (non-hydrogen) atoms. The lowest BCUT2D eigenvalue weighted by Gasteiger charge is -2.30. The van der Waals surface area contributed by atoms with Gasteiger partial charge in [0.25, 0.3) is 0 Å². The molecule has 1 aromatic rings. The first-order chi connectivity index (χ1) is 7.79. The molecule has 0 N–H and O–H groups in total. The average molecular weight is 219 g/mol. The topological polar surface area (TPSA) is 46.1 Å². The highest BCUT2D eigenvalue weighted by Crippen LogP contribution is 2.19. The molecule has 1 saturated heterocycles. The molecule has 1 aliphatic heterocycles. The van der Waals surface area contributed by atoms with E-state index in [1.165, 1.54) is 12.8 Å². The van der Waals surface area contributed by atoms with Gasteiger partial charge in [-0.2, -0.15) is 0 Å². The van der Waals surface area contributed by atoms with Crippen LogP contribution in [0, 0.1) is 5.92 Å². The van der Waals surface area contributed by atoms with Gasteiger partial charge in [0, 0.05) is 31.9 Å². The lowest BCUT2D eigenvalue weighted by molar-refractivity contribution is -0.107. The lowest BCUT2D eigenvalue weighted by atomic mass is 10.00. The van der Waals surface area contributed by atoms with Crippen molar-refractivity contribution in [2.75, 3.05) is 18.0 Å². The largest absolute Gasteiger partial charge is 0.341 e. The molecule has 0 radical (unpaired) electrons. The Morgan fingerprint density at radius 1 is 1.38 bits per heavy atom. The van der Waals surface area contributed by atoms with Crippen LogP contribution in [0.1, 0.15) is 25.3 Å². The summed E-state index contributed by atoms with van der Waals surface area (Å²) in [4.78, 5) is 21.1. The molecule has 2 heterocycles. The van der Waals surface area contributed by atoms with Gasteiger partial charge in [0.05, 0.1) is 0 Å². The van der Waals surface area contributed by atoms with Gasteiger partial charge in [-0.05, 0) is 24.3 Å². The van der Waals surface area contributed by atoms with Crippen molar-refractivity contribution in [1.29, 1.82) is 0 Å². The van der Waals surface area contributed by atoms with Crippen molar-refractivity contribution in [3.63, 3.8) is 0 Å². The van der Waals surface area contributed by atoms with Crippen molar-refractivity contribution in [2.45, 2.75) is 26.2 Å². The van der Waals surface area contributed by atoms with Gasteiger partial charge in [-0.25, -0.2) is 9.97 Å². The van der Waals surface area contributed by atoms with Gasteiger partial charge in [0.15, 0.2) is 0 Å². The minimum Gasteiger partial charge on any atom is -0.341 e. The van der Waals surface area contributed by atoms with Crippen LogP contribution in [0.3, 0.4) is 0 Å². The maximum Gasteiger partial charge on any atom is 0.225 e. The van der Waals surface area contributed by atoms with Crippen molar-refractivity contribution in [3.8, 4) is 0 Å². The number of aromatic nitrogens is 2. The second-order valence-electron chi connectivity index (χ2n) is 4.43. The van der Waals surface area contributed by atoms with Crippen molar-refractivity contribution in [1.82, 2.24) is 9.97 Å². The van der Waals surface area contributed by atoms with Crippen LogP contribution in [0.5, 0.6) is 0 Å². The molecule has 86 valence electrons. The van der Waals surface area contributed by atoms with Gasteiger partial charge < -0.3 is 9.69 Å². The van der Waals surface area contributed by atoms with Gasteiger partial charge in [0.2, 0.25) is 5.95 Å². The number of piperidine rings is 1. The molecule has 4 nitrogen and oxygen atoms in total. The number of nitrogens with zero attached hydrogens (tertiary/aromatic N) is 3. The van der Waals surface area contributed by atoms with E-state index in [0.29, 0.717) is 6.42 Å². The molecular weight excluding hydrogens is 202 g/mol. The van der Waals surface area contributed by atoms with Crippen molar-refractivity contribution >= 4 is 12.2 Å². The summed E-state index contributed by atoms with van der Waals surface area (Å²) in [5, 5.41) is 0. The Morgan fingerprint density at radius 2 is 2.00 bits per heavy atom. The fraction of sp³-hybridized carbons (Fsp3) is 0.583. The summed E-state index contributed by atoms with van der Waals surface area (Å²) in [6, 6.07) is 0. The first kappa shape index (κ1) is 11.0. The number of hydrogen-bond acceptors (Lipinski definition) is 4. The molecule has 0 aromatic carbocycles. The molecule has 0 spiro atoms. The highest BCUT2D eigenvalue weighted by molar-refractivity contribution is 5.54. The summed E-state index contributed by atoms with van der Waals surface area (Å²) in [6.45, 7) is 4.35. The Balaban J connectivity index is 2.01. The molecule has 1 aliphatic rings. The Bertz CT molecular complexity index is 342. The second kappa shape index (κ2) is 5.05. The van der Waals surface area contributed by atoms with Crippen LogP contribution in [-0.4, -0.2) is 29.3 Å². The van der Waals surface area contributed by atoms with Crippen LogP contribution in [0.15, 0.2) is 12.4 Å². The predicted molar refractivity (Wildman–Crippen MR) is 62.4 cm³/mol. The SMILES string of the molecule is CC1CCN(c2ncc(CC=O)cn2)CC1. The first-order valence-electron chi connectivity index (χ1n) is 5.79. The smallest absolute Gasteiger partial charge is 0.225 e. The Labute approximate surface area is 95.7 Å². The third-order valence-corrected chi connectivity index (χ3v) is 3.08. The van der Waals surface area contributed by atoms with Crippen molar-refractivity contribution in [3.05, 3.63) is 18.0 Å². The third kappa shape index (κ3) is 2.56. The summed E-state index contributed by atoms with van der Waals surface area (Å²) < 4.78 is 0. The van der Waals surface area contributed by atoms with Crippen molar-refractivity contribution < 1.29 is 4.79 Å². The van der Waals surface area contributed by atoms with E-state index in [-0.39, 0.29) is 0 Å². The van der Waals surface area contributed by atoms with Crippen LogP contribution in [-0.2, 0) is 11.2 Å². The Kier molecular flexibility index (Phi) is 3.49. The Morgan fingerprint density at radius 3 is 2.56 bits per heavy atom. The van der Waals surface area contributed by atoms with Gasteiger partial charge >= 0.3 is 0 Å². The van der Waals surface area contributed by atoms with Gasteiger partial charge in [0.1, 0.15) is 6.29 Å². The van der Waals surface area contributed by atoms with E-state index in [1.807, 2.05) is 0 Å². The molecule has 1 aromatic heterocycles. The van der Waals surface area contributed by atoms with Gasteiger partial charge in [-0.15, -0.1) is 0 Å². The predicted octanol–water partition coefficient (Wildman–Crippen LogP) is 1.45. The van der Waals surface area contributed by atoms with Crippen LogP contribution in [0.25, 0.3) is 0 Å². The number of rotatable bonds is 3. The monoisotopic (exact) mass is 219 g/mol. The molecule has 0 aliphatic carbocycles. The van der Waals surface area contributed by atoms with Crippen LogP contribution in [0.2, 0.25) is 0 Å². The van der Waals surface area contributed by atoms with Crippen LogP contribution < -0.4 is 4.90 Å². The Hall–Kier alpha value is -1.45. The van der Waals surface area contributed by atoms with E-state index in [9.17, 15) is 4.79 Å². The molecule has 0 atom stereocenters. The number of hydrogen-bond donors (Lipinski definition) is 0. The molecule has 0 amide bonds. The highest BCUT2D eigenvalue weighted by Gasteiger charge is 2.17. The molecule has 0 bridgehead atoms. The number of carbonyl (C=O) groups excluding carboxylic acids is 1. The summed E-state index contributed by atoms with van der Waals surface area (Å²) >= 11 is 0. The molecule has 0 unspecified atom stereocenters. The maximum atomic E-state index is 10.3. The van der Waals surface area contributed by atoms with E-state index in [4.69, 9.17) is 0 Å². The second-order valence-corrected chi connectivity index (χ2v) is 4.43. The zero-order valence-corrected chi connectivity index (χ0v) is 9.59. The molecule has 0 saturated carbocycles. The standard InChI is InChI=1S/C12H17N3O/c1-10-2-5-15(6-3-10)12-13-8-11(4-7-16)9-14-12/h7-10H,2-6H2,1H3. The van der Waals surface area contributed by atoms with Crippen LogP contribution >= 0.6 is 0 Å². The van der Waals surface area contributed by atoms with E-state index >= 15 is 0 Å². The lowest BCUT2D eigenvalue weighted by Crippen LogP contribution is -2.34. The van der Waals surface area contributed by atoms with Gasteiger partial charge in [-0.1, -0.05) is 6.92 Å². The normalized spacial score (nSPS) is 17.4. The number of carbonyl (C=O) groups is 1. The van der Waals surface area contributed by atoms with E-state index in [2.05, 4.69) is 21.8 Å². The molecular formula is C12H17N3O. The maximum absolute atomic E-state index is 10.3. The quantitative estimate of drug-likeness (QED) is 0.722. The van der Waals surface area contributed by atoms with Crippen LogP contribution in [0.4, 0.5) is 5.95 Å². The third-order valence-electron chi connectivity index (χ3n) is 3.08. The van der Waals surface area contributed by atoms with E-state index in [1.54, 1.807) is 12.4 Å². The summed E-state index contributed by atoms with van der Waals surface area (Å²) in [5.41, 5.74) is 0.879. The molecule has 1 fully saturated rings. The zero-order valence-electron chi connectivity index (χ0n) is 9.59. The first-order valence-corrected chi connectivity index (χ1v) is 5.79. The van der Waals surface area contributed by atoms with E-state index in [0.717, 1.165) is 36.8 Å². The van der Waals surface area contributed by atoms with E-state index < -0.39 is 0 Å². The fourth-order valence-electron chi connectivity index (χ4n) is 1.92. The summed E-state index contributed by atoms with van der Waals surface area (Å²) in [5.74, 6) is 1.60. The molecule has 2 rings (SSSR count). The zero-order chi connectivity index (χ0) is 11.4. The van der Waals surface area contributed by atoms with Gasteiger partial charge in [-0.3, -0.25) is 0 Å². The number of anilines is 1. The number of aldehydes is 1. The highest BCUT2D eigenvalue weighted by atomic mass is 16.1.